The summed E-state index contributed by atoms with van der Waals surface area (Å²) in [5.41, 5.74) is 1.08. The largest absolute Gasteiger partial charge is 0.507 e. The van der Waals surface area contributed by atoms with Gasteiger partial charge in [0, 0.05) is 41.6 Å². The van der Waals surface area contributed by atoms with Gasteiger partial charge in [-0.1, -0.05) is 6.07 Å². The van der Waals surface area contributed by atoms with Gasteiger partial charge in [0.2, 0.25) is 0 Å². The number of hydrogen-bond acceptors (Lipinski definition) is 8. The Balaban J connectivity index is 1.83. The fourth-order valence-corrected chi connectivity index (χ4v) is 3.84. The third-order valence-electron chi connectivity index (χ3n) is 5.27. The van der Waals surface area contributed by atoms with Gasteiger partial charge in [-0.3, -0.25) is 14.6 Å². The number of pyridine rings is 1. The molecule has 8 heteroatoms. The van der Waals surface area contributed by atoms with Crippen LogP contribution < -0.4 is 10.2 Å². The van der Waals surface area contributed by atoms with Crippen molar-refractivity contribution in [1.29, 1.82) is 0 Å². The normalized spacial score (nSPS) is 15.5. The Labute approximate surface area is 174 Å². The molecule has 154 valence electrons. The van der Waals surface area contributed by atoms with Crippen LogP contribution in [0.3, 0.4) is 0 Å². The number of aromatic nitrogens is 1. The standard InChI is InChI=1S/C23H15NO7/c25-14-4-3-11(6-15(14)26)18-8-16(27)22-17(28)9-19-21(23(22)31-18)13(7-20(29)30-19)12-2-1-5-24-10-12/h1-6,8-10,13,25-26,28H,7H2/t13-/m1/s1. The highest BCUT2D eigenvalue weighted by molar-refractivity contribution is 5.93. The van der Waals surface area contributed by atoms with Gasteiger partial charge in [0.05, 0.1) is 6.42 Å². The quantitative estimate of drug-likeness (QED) is 0.257. The SMILES string of the molecule is O=C1C[C@H](c2cccnc2)c2c(cc(O)c3c(=O)cc(-c4ccc(O)c(O)c4)oc23)O1. The van der Waals surface area contributed by atoms with Gasteiger partial charge >= 0.3 is 5.97 Å². The highest BCUT2D eigenvalue weighted by Crippen LogP contribution is 2.46. The first kappa shape index (κ1) is 18.7. The van der Waals surface area contributed by atoms with Crippen LogP contribution in [0.25, 0.3) is 22.3 Å². The van der Waals surface area contributed by atoms with Crippen molar-refractivity contribution in [3.63, 3.8) is 0 Å². The molecule has 3 heterocycles. The van der Waals surface area contributed by atoms with Crippen molar-refractivity contribution in [3.8, 4) is 34.3 Å². The first-order valence-corrected chi connectivity index (χ1v) is 9.39. The lowest BCUT2D eigenvalue weighted by Gasteiger charge is -2.25. The number of hydrogen-bond donors (Lipinski definition) is 3. The third-order valence-corrected chi connectivity index (χ3v) is 5.27. The second-order valence-electron chi connectivity index (χ2n) is 7.21. The van der Waals surface area contributed by atoms with Crippen LogP contribution in [0.2, 0.25) is 0 Å². The summed E-state index contributed by atoms with van der Waals surface area (Å²) in [7, 11) is 0. The van der Waals surface area contributed by atoms with Crippen LogP contribution in [0, 0.1) is 0 Å². The van der Waals surface area contributed by atoms with E-state index in [1.54, 1.807) is 24.5 Å². The number of phenols is 3. The lowest BCUT2D eigenvalue weighted by atomic mass is 9.86. The van der Waals surface area contributed by atoms with E-state index in [0.29, 0.717) is 11.1 Å². The highest BCUT2D eigenvalue weighted by Gasteiger charge is 2.33. The Morgan fingerprint density at radius 1 is 0.968 bits per heavy atom. The number of esters is 1. The lowest BCUT2D eigenvalue weighted by molar-refractivity contribution is -0.135. The Morgan fingerprint density at radius 2 is 1.81 bits per heavy atom. The molecular weight excluding hydrogens is 402 g/mol. The van der Waals surface area contributed by atoms with Gasteiger partial charge in [-0.25, -0.2) is 0 Å². The van der Waals surface area contributed by atoms with E-state index in [9.17, 15) is 24.9 Å². The van der Waals surface area contributed by atoms with E-state index in [-0.39, 0.29) is 46.1 Å². The molecular formula is C23H15NO7. The molecule has 1 atom stereocenters. The first-order chi connectivity index (χ1) is 14.9. The summed E-state index contributed by atoms with van der Waals surface area (Å²) < 4.78 is 11.4. The Hall–Kier alpha value is -4.33. The van der Waals surface area contributed by atoms with Gasteiger partial charge in [0.1, 0.15) is 28.2 Å². The van der Waals surface area contributed by atoms with Gasteiger partial charge in [-0.05, 0) is 29.8 Å². The number of carbonyl (C=O) groups is 1. The second kappa shape index (κ2) is 6.88. The molecule has 31 heavy (non-hydrogen) atoms. The lowest BCUT2D eigenvalue weighted by Crippen LogP contribution is -2.22. The molecule has 5 rings (SSSR count). The molecule has 1 aliphatic heterocycles. The van der Waals surface area contributed by atoms with Gasteiger partial charge in [0.25, 0.3) is 0 Å². The van der Waals surface area contributed by atoms with E-state index in [1.807, 2.05) is 0 Å². The average Bonchev–Trinajstić information content (AvgIpc) is 2.75. The predicted octanol–water partition coefficient (Wildman–Crippen LogP) is 3.41. The number of benzene rings is 2. The minimum atomic E-state index is -0.508. The average molecular weight is 417 g/mol. The molecule has 2 aromatic carbocycles. The molecule has 0 fully saturated rings. The first-order valence-electron chi connectivity index (χ1n) is 9.39. The van der Waals surface area contributed by atoms with Gasteiger partial charge in [-0.15, -0.1) is 0 Å². The van der Waals surface area contributed by atoms with E-state index in [1.165, 1.54) is 30.3 Å². The Morgan fingerprint density at radius 3 is 2.55 bits per heavy atom. The second-order valence-corrected chi connectivity index (χ2v) is 7.21. The summed E-state index contributed by atoms with van der Waals surface area (Å²) in [6.45, 7) is 0. The molecule has 0 saturated carbocycles. The van der Waals surface area contributed by atoms with Crippen molar-refractivity contribution in [1.82, 2.24) is 4.98 Å². The molecule has 0 radical (unpaired) electrons. The fourth-order valence-electron chi connectivity index (χ4n) is 3.84. The number of nitrogens with zero attached hydrogens (tertiary/aromatic N) is 1. The summed E-state index contributed by atoms with van der Waals surface area (Å²) >= 11 is 0. The molecule has 0 bridgehead atoms. The van der Waals surface area contributed by atoms with Gasteiger partial charge in [0.15, 0.2) is 16.9 Å². The van der Waals surface area contributed by atoms with Gasteiger partial charge < -0.3 is 24.5 Å². The minimum absolute atomic E-state index is 0.00645. The maximum absolute atomic E-state index is 12.9. The molecule has 0 amide bonds. The maximum atomic E-state index is 12.9. The molecule has 3 N–H and O–H groups in total. The van der Waals surface area contributed by atoms with Crippen LogP contribution in [0.1, 0.15) is 23.5 Å². The third kappa shape index (κ3) is 3.05. The Bertz CT molecular complexity index is 1410. The monoisotopic (exact) mass is 417 g/mol. The highest BCUT2D eigenvalue weighted by atomic mass is 16.5. The summed E-state index contributed by atoms with van der Waals surface area (Å²) in [4.78, 5) is 29.2. The summed E-state index contributed by atoms with van der Waals surface area (Å²) in [6, 6.07) is 9.97. The zero-order valence-electron chi connectivity index (χ0n) is 15.9. The van der Waals surface area contributed by atoms with E-state index in [2.05, 4.69) is 4.98 Å². The van der Waals surface area contributed by atoms with Crippen LogP contribution in [0.4, 0.5) is 0 Å². The molecule has 0 unspecified atom stereocenters. The number of carbonyl (C=O) groups excluding carboxylic acids is 1. The van der Waals surface area contributed by atoms with Crippen molar-refractivity contribution < 1.29 is 29.3 Å². The van der Waals surface area contributed by atoms with Crippen molar-refractivity contribution >= 4 is 16.9 Å². The summed E-state index contributed by atoms with van der Waals surface area (Å²) in [6.07, 6.45) is 3.23. The fraction of sp³-hybridized carbons (Fsp3) is 0.0870. The minimum Gasteiger partial charge on any atom is -0.507 e. The van der Waals surface area contributed by atoms with Crippen LogP contribution >= 0.6 is 0 Å². The van der Waals surface area contributed by atoms with E-state index in [4.69, 9.17) is 9.15 Å². The predicted molar refractivity (Wildman–Crippen MR) is 109 cm³/mol. The smallest absolute Gasteiger partial charge is 0.312 e. The molecule has 0 saturated heterocycles. The number of fused-ring (bicyclic) bond motifs is 3. The molecule has 0 spiro atoms. The van der Waals surface area contributed by atoms with Crippen LogP contribution in [0.15, 0.2) is 64.1 Å². The maximum Gasteiger partial charge on any atom is 0.312 e. The topological polar surface area (TPSA) is 130 Å². The molecule has 8 nitrogen and oxygen atoms in total. The molecule has 0 aliphatic carbocycles. The summed E-state index contributed by atoms with van der Waals surface area (Å²) in [5.74, 6) is -1.83. The van der Waals surface area contributed by atoms with Crippen molar-refractivity contribution in [2.45, 2.75) is 12.3 Å². The van der Waals surface area contributed by atoms with Crippen LogP contribution in [-0.4, -0.2) is 26.3 Å². The number of ether oxygens (including phenoxy) is 1. The van der Waals surface area contributed by atoms with Crippen LogP contribution in [0.5, 0.6) is 23.0 Å². The number of phenolic OH excluding ortho intramolecular Hbond substituents is 3. The zero-order chi connectivity index (χ0) is 21.7. The van der Waals surface area contributed by atoms with E-state index < -0.39 is 17.3 Å². The summed E-state index contributed by atoms with van der Waals surface area (Å²) in [5, 5.41) is 29.8. The van der Waals surface area contributed by atoms with E-state index in [0.717, 1.165) is 5.56 Å². The van der Waals surface area contributed by atoms with Gasteiger partial charge in [-0.2, -0.15) is 0 Å². The van der Waals surface area contributed by atoms with E-state index >= 15 is 0 Å². The molecule has 2 aromatic heterocycles. The van der Waals surface area contributed by atoms with Crippen molar-refractivity contribution in [2.75, 3.05) is 0 Å². The number of aromatic hydroxyl groups is 3. The molecule has 1 aliphatic rings. The van der Waals surface area contributed by atoms with Crippen LogP contribution in [-0.2, 0) is 4.79 Å². The zero-order valence-corrected chi connectivity index (χ0v) is 15.9. The Kier molecular flexibility index (Phi) is 4.14. The van der Waals surface area contributed by atoms with Crippen molar-refractivity contribution in [2.24, 2.45) is 0 Å². The molecule has 4 aromatic rings. The number of rotatable bonds is 2. The van der Waals surface area contributed by atoms with Crippen molar-refractivity contribution in [3.05, 3.63) is 76.2 Å².